The van der Waals surface area contributed by atoms with Crippen molar-refractivity contribution in [2.45, 2.75) is 39.5 Å². The van der Waals surface area contributed by atoms with Gasteiger partial charge in [-0.05, 0) is 11.8 Å². The average molecular weight is 140 g/mol. The summed E-state index contributed by atoms with van der Waals surface area (Å²) in [6, 6.07) is 0. The molecule has 0 saturated heterocycles. The molecule has 10 heavy (non-hydrogen) atoms. The molecule has 0 aromatic heterocycles. The molecule has 2 atom stereocenters. The maximum Gasteiger partial charge on any atom is -0.0391 e. The largest absolute Gasteiger partial charge is 0.0651 e. The Morgan fingerprint density at radius 1 is 1.30 bits per heavy atom. The number of hydrogen-bond acceptors (Lipinski definition) is 0. The SMILES string of the molecule is [CH2]CCC(CC)C(C)C[CH2]. The van der Waals surface area contributed by atoms with Crippen LogP contribution >= 0.6 is 0 Å². The zero-order valence-corrected chi connectivity index (χ0v) is 7.40. The fraction of sp³-hybridized carbons (Fsp3) is 0.800. The first-order valence-corrected chi connectivity index (χ1v) is 4.34. The van der Waals surface area contributed by atoms with Crippen molar-refractivity contribution >= 4 is 0 Å². The number of hydrogen-bond donors (Lipinski definition) is 0. The second kappa shape index (κ2) is 5.76. The topological polar surface area (TPSA) is 0 Å². The Kier molecular flexibility index (Phi) is 5.76. The predicted molar refractivity (Wildman–Crippen MR) is 47.5 cm³/mol. The van der Waals surface area contributed by atoms with Crippen LogP contribution in [0.1, 0.15) is 39.5 Å². The molecule has 0 fully saturated rings. The molecule has 0 aliphatic rings. The summed E-state index contributed by atoms with van der Waals surface area (Å²) >= 11 is 0. The first-order valence-electron chi connectivity index (χ1n) is 4.34. The Morgan fingerprint density at radius 3 is 2.20 bits per heavy atom. The Labute approximate surface area is 66.0 Å². The highest BCUT2D eigenvalue weighted by Gasteiger charge is 2.11. The quantitative estimate of drug-likeness (QED) is 0.548. The summed E-state index contributed by atoms with van der Waals surface area (Å²) in [5, 5.41) is 0. The smallest absolute Gasteiger partial charge is 0.0391 e. The standard InChI is InChI=1S/C10H20/c1-5-8-10(7-3)9(4)6-2/h9-10H,1-2,5-8H2,3-4H3. The molecule has 0 N–H and O–H groups in total. The molecule has 0 aromatic carbocycles. The van der Waals surface area contributed by atoms with Crippen LogP contribution in [0.3, 0.4) is 0 Å². The highest BCUT2D eigenvalue weighted by atomic mass is 14.2. The summed E-state index contributed by atoms with van der Waals surface area (Å²) in [7, 11) is 0. The van der Waals surface area contributed by atoms with E-state index in [1.54, 1.807) is 0 Å². The van der Waals surface area contributed by atoms with Gasteiger partial charge in [0, 0.05) is 0 Å². The lowest BCUT2D eigenvalue weighted by molar-refractivity contribution is 0.329. The van der Waals surface area contributed by atoms with Crippen LogP contribution in [0.5, 0.6) is 0 Å². The van der Waals surface area contributed by atoms with E-state index in [2.05, 4.69) is 27.7 Å². The zero-order valence-electron chi connectivity index (χ0n) is 7.40. The molecule has 2 unspecified atom stereocenters. The molecular formula is C10H20. The van der Waals surface area contributed by atoms with Gasteiger partial charge in [-0.15, -0.1) is 0 Å². The van der Waals surface area contributed by atoms with Crippen molar-refractivity contribution in [3.05, 3.63) is 13.8 Å². The Bertz CT molecular complexity index is 66.4. The summed E-state index contributed by atoms with van der Waals surface area (Å²) in [5.41, 5.74) is 0. The molecule has 0 amide bonds. The van der Waals surface area contributed by atoms with Gasteiger partial charge in [0.15, 0.2) is 0 Å². The fourth-order valence-electron chi connectivity index (χ4n) is 1.39. The van der Waals surface area contributed by atoms with Crippen LogP contribution in [0.25, 0.3) is 0 Å². The normalized spacial score (nSPS) is 16.8. The molecule has 0 heteroatoms. The molecule has 0 aliphatic heterocycles. The highest BCUT2D eigenvalue weighted by Crippen LogP contribution is 2.22. The molecule has 0 nitrogen and oxygen atoms in total. The van der Waals surface area contributed by atoms with E-state index in [-0.39, 0.29) is 0 Å². The summed E-state index contributed by atoms with van der Waals surface area (Å²) in [5.74, 6) is 1.64. The lowest BCUT2D eigenvalue weighted by atomic mass is 9.86. The van der Waals surface area contributed by atoms with E-state index in [0.29, 0.717) is 0 Å². The molecule has 0 bridgehead atoms. The second-order valence-corrected chi connectivity index (χ2v) is 3.08. The van der Waals surface area contributed by atoms with Gasteiger partial charge in [-0.25, -0.2) is 0 Å². The van der Waals surface area contributed by atoms with Crippen molar-refractivity contribution in [1.82, 2.24) is 0 Å². The highest BCUT2D eigenvalue weighted by molar-refractivity contribution is 4.66. The van der Waals surface area contributed by atoms with Gasteiger partial charge in [0.2, 0.25) is 0 Å². The summed E-state index contributed by atoms with van der Waals surface area (Å²) in [6.45, 7) is 12.3. The van der Waals surface area contributed by atoms with Crippen LogP contribution in [0, 0.1) is 25.7 Å². The first-order chi connectivity index (χ1) is 4.76. The molecule has 0 saturated carbocycles. The molecule has 0 rings (SSSR count). The van der Waals surface area contributed by atoms with Gasteiger partial charge >= 0.3 is 0 Å². The molecule has 60 valence electrons. The Balaban J connectivity index is 3.56. The van der Waals surface area contributed by atoms with Crippen molar-refractivity contribution in [3.63, 3.8) is 0 Å². The van der Waals surface area contributed by atoms with Crippen LogP contribution in [0.4, 0.5) is 0 Å². The van der Waals surface area contributed by atoms with Crippen LogP contribution in [-0.2, 0) is 0 Å². The average Bonchev–Trinajstić information content (AvgIpc) is 1.99. The van der Waals surface area contributed by atoms with Gasteiger partial charge < -0.3 is 0 Å². The van der Waals surface area contributed by atoms with Gasteiger partial charge in [0.25, 0.3) is 0 Å². The van der Waals surface area contributed by atoms with E-state index < -0.39 is 0 Å². The van der Waals surface area contributed by atoms with Crippen molar-refractivity contribution in [2.24, 2.45) is 11.8 Å². The second-order valence-electron chi connectivity index (χ2n) is 3.08. The third-order valence-corrected chi connectivity index (χ3v) is 2.36. The van der Waals surface area contributed by atoms with Gasteiger partial charge in [-0.3, -0.25) is 0 Å². The maximum atomic E-state index is 3.92. The third-order valence-electron chi connectivity index (χ3n) is 2.36. The van der Waals surface area contributed by atoms with Crippen molar-refractivity contribution < 1.29 is 0 Å². The summed E-state index contributed by atoms with van der Waals surface area (Å²) < 4.78 is 0. The molecule has 0 aliphatic carbocycles. The van der Waals surface area contributed by atoms with E-state index in [9.17, 15) is 0 Å². The van der Waals surface area contributed by atoms with E-state index >= 15 is 0 Å². The van der Waals surface area contributed by atoms with Gasteiger partial charge in [-0.2, -0.15) is 0 Å². The first kappa shape index (κ1) is 10.0. The molecule has 0 heterocycles. The Morgan fingerprint density at radius 2 is 1.90 bits per heavy atom. The molecular weight excluding hydrogens is 120 g/mol. The monoisotopic (exact) mass is 140 g/mol. The van der Waals surface area contributed by atoms with E-state index in [1.807, 2.05) is 0 Å². The lowest BCUT2D eigenvalue weighted by Crippen LogP contribution is -2.09. The maximum absolute atomic E-state index is 3.92. The Hall–Kier alpha value is 0. The van der Waals surface area contributed by atoms with Gasteiger partial charge in [0.1, 0.15) is 0 Å². The van der Waals surface area contributed by atoms with Crippen LogP contribution in [0.2, 0.25) is 0 Å². The predicted octanol–water partition coefficient (Wildman–Crippen LogP) is 3.49. The minimum Gasteiger partial charge on any atom is -0.0651 e. The summed E-state index contributed by atoms with van der Waals surface area (Å²) in [6.07, 6.45) is 4.70. The number of rotatable bonds is 5. The van der Waals surface area contributed by atoms with Gasteiger partial charge in [0.05, 0.1) is 0 Å². The van der Waals surface area contributed by atoms with Crippen LogP contribution < -0.4 is 0 Å². The van der Waals surface area contributed by atoms with Crippen molar-refractivity contribution in [2.75, 3.05) is 0 Å². The molecule has 0 spiro atoms. The van der Waals surface area contributed by atoms with Gasteiger partial charge in [-0.1, -0.05) is 53.4 Å². The van der Waals surface area contributed by atoms with Crippen LogP contribution in [-0.4, -0.2) is 0 Å². The molecule has 2 radical (unpaired) electrons. The minimum atomic E-state index is 0.784. The zero-order chi connectivity index (χ0) is 7.98. The van der Waals surface area contributed by atoms with E-state index in [1.165, 1.54) is 12.8 Å². The van der Waals surface area contributed by atoms with E-state index in [0.717, 1.165) is 24.7 Å². The molecule has 0 aromatic rings. The minimum absolute atomic E-state index is 0.784. The van der Waals surface area contributed by atoms with E-state index in [4.69, 9.17) is 0 Å². The van der Waals surface area contributed by atoms with Crippen molar-refractivity contribution in [1.29, 1.82) is 0 Å². The lowest BCUT2D eigenvalue weighted by Gasteiger charge is -2.20. The fourth-order valence-corrected chi connectivity index (χ4v) is 1.39. The van der Waals surface area contributed by atoms with Crippen molar-refractivity contribution in [3.8, 4) is 0 Å². The van der Waals surface area contributed by atoms with Crippen LogP contribution in [0.15, 0.2) is 0 Å². The third kappa shape index (κ3) is 3.24. The summed E-state index contributed by atoms with van der Waals surface area (Å²) in [4.78, 5) is 0.